The molecule has 0 unspecified atom stereocenters. The highest BCUT2D eigenvalue weighted by molar-refractivity contribution is 5.53. The summed E-state index contributed by atoms with van der Waals surface area (Å²) >= 11 is 0. The predicted octanol–water partition coefficient (Wildman–Crippen LogP) is 1.37. The van der Waals surface area contributed by atoms with Gasteiger partial charge >= 0.3 is 0 Å². The Morgan fingerprint density at radius 3 is 2.31 bits per heavy atom. The molecule has 0 N–H and O–H groups in total. The van der Waals surface area contributed by atoms with Crippen LogP contribution >= 0.6 is 0 Å². The maximum Gasteiger partial charge on any atom is 0.168 e. The summed E-state index contributed by atoms with van der Waals surface area (Å²) in [5.74, 6) is 5.53. The summed E-state index contributed by atoms with van der Waals surface area (Å²) in [5.41, 5.74) is 0. The molecule has 0 amide bonds. The molecule has 3 heteroatoms. The van der Waals surface area contributed by atoms with Crippen LogP contribution in [-0.4, -0.2) is 25.8 Å². The molecule has 0 aliphatic rings. The van der Waals surface area contributed by atoms with Crippen LogP contribution in [0.15, 0.2) is 0 Å². The van der Waals surface area contributed by atoms with E-state index in [0.717, 1.165) is 6.29 Å². The minimum Gasteiger partial charge on any atom is -0.352 e. The zero-order valence-electron chi connectivity index (χ0n) is 8.21. The van der Waals surface area contributed by atoms with E-state index in [4.69, 9.17) is 9.47 Å². The first-order valence-corrected chi connectivity index (χ1v) is 4.47. The summed E-state index contributed by atoms with van der Waals surface area (Å²) in [6.07, 6.45) is 1.33. The van der Waals surface area contributed by atoms with Crippen molar-refractivity contribution in [3.63, 3.8) is 0 Å². The van der Waals surface area contributed by atoms with Crippen LogP contribution in [0.3, 0.4) is 0 Å². The molecule has 3 nitrogen and oxygen atoms in total. The van der Waals surface area contributed by atoms with E-state index in [9.17, 15) is 4.79 Å². The number of aldehydes is 1. The van der Waals surface area contributed by atoms with Crippen molar-refractivity contribution in [2.75, 3.05) is 13.2 Å². The van der Waals surface area contributed by atoms with E-state index in [1.54, 1.807) is 0 Å². The molecule has 0 heterocycles. The largest absolute Gasteiger partial charge is 0.352 e. The van der Waals surface area contributed by atoms with Gasteiger partial charge in [-0.2, -0.15) is 0 Å². The summed E-state index contributed by atoms with van der Waals surface area (Å²) in [7, 11) is 0. The van der Waals surface area contributed by atoms with Crippen LogP contribution in [0.4, 0.5) is 0 Å². The Kier molecular flexibility index (Phi) is 8.64. The molecule has 13 heavy (non-hydrogen) atoms. The number of rotatable bonds is 6. The van der Waals surface area contributed by atoms with Crippen molar-refractivity contribution < 1.29 is 14.3 Å². The van der Waals surface area contributed by atoms with Crippen LogP contribution in [0.1, 0.15) is 26.7 Å². The normalized spacial score (nSPS) is 9.46. The highest BCUT2D eigenvalue weighted by Gasteiger charge is 2.03. The van der Waals surface area contributed by atoms with Crippen LogP contribution in [0.5, 0.6) is 0 Å². The lowest BCUT2D eigenvalue weighted by Crippen LogP contribution is -2.16. The molecule has 0 radical (unpaired) electrons. The van der Waals surface area contributed by atoms with Gasteiger partial charge in [-0.3, -0.25) is 0 Å². The molecule has 0 saturated carbocycles. The van der Waals surface area contributed by atoms with Crippen LogP contribution in [0, 0.1) is 11.8 Å². The fourth-order valence-electron chi connectivity index (χ4n) is 0.807. The Bertz CT molecular complexity index is 172. The molecule has 0 atom stereocenters. The molecule has 74 valence electrons. The van der Waals surface area contributed by atoms with E-state index in [-0.39, 0.29) is 12.7 Å². The number of hydrogen-bond acceptors (Lipinski definition) is 3. The van der Waals surface area contributed by atoms with Crippen molar-refractivity contribution in [3.05, 3.63) is 0 Å². The minimum absolute atomic E-state index is 0.255. The number of hydrogen-bond donors (Lipinski definition) is 0. The average Bonchev–Trinajstić information content (AvgIpc) is 2.13. The van der Waals surface area contributed by atoms with Gasteiger partial charge in [0.15, 0.2) is 6.29 Å². The fraction of sp³-hybridized carbons (Fsp3) is 0.700. The summed E-state index contributed by atoms with van der Waals surface area (Å²) < 4.78 is 10.5. The molecule has 0 aromatic carbocycles. The van der Waals surface area contributed by atoms with Crippen LogP contribution in [0.25, 0.3) is 0 Å². The molecule has 0 aliphatic carbocycles. The Labute approximate surface area is 79.4 Å². The summed E-state index contributed by atoms with van der Waals surface area (Å²) in [5, 5.41) is 0. The third-order valence-electron chi connectivity index (χ3n) is 1.28. The number of carbonyl (C=O) groups is 1. The molecule has 0 bridgehead atoms. The van der Waals surface area contributed by atoms with E-state index in [1.165, 1.54) is 0 Å². The topological polar surface area (TPSA) is 35.5 Å². The monoisotopic (exact) mass is 184 g/mol. The van der Waals surface area contributed by atoms with E-state index < -0.39 is 0 Å². The van der Waals surface area contributed by atoms with Gasteiger partial charge in [0.05, 0.1) is 12.8 Å². The van der Waals surface area contributed by atoms with Crippen molar-refractivity contribution in [1.29, 1.82) is 0 Å². The van der Waals surface area contributed by atoms with E-state index in [0.29, 0.717) is 19.6 Å². The second kappa shape index (κ2) is 9.24. The van der Waals surface area contributed by atoms with Gasteiger partial charge in [0.25, 0.3) is 0 Å². The van der Waals surface area contributed by atoms with Gasteiger partial charge < -0.3 is 14.3 Å². The van der Waals surface area contributed by atoms with E-state index in [2.05, 4.69) is 11.8 Å². The van der Waals surface area contributed by atoms with Crippen molar-refractivity contribution in [2.24, 2.45) is 0 Å². The molecule has 0 aromatic rings. The maximum atomic E-state index is 9.94. The standard InChI is InChI=1S/C10H16O3/c1-3-12-10(13-4-2)8-6-5-7-9-11/h9-10H,3-4,7-8H2,1-2H3. The van der Waals surface area contributed by atoms with Crippen molar-refractivity contribution in [1.82, 2.24) is 0 Å². The summed E-state index contributed by atoms with van der Waals surface area (Å²) in [4.78, 5) is 9.94. The first kappa shape index (κ1) is 12.2. The maximum absolute atomic E-state index is 9.94. The molecular weight excluding hydrogens is 168 g/mol. The zero-order chi connectivity index (χ0) is 9.94. The van der Waals surface area contributed by atoms with Crippen molar-refractivity contribution >= 4 is 6.29 Å². The third kappa shape index (κ3) is 7.51. The molecule has 0 aromatic heterocycles. The lowest BCUT2D eigenvalue weighted by atomic mass is 10.4. The Balaban J connectivity index is 3.68. The van der Waals surface area contributed by atoms with Gasteiger partial charge in [-0.25, -0.2) is 0 Å². The summed E-state index contributed by atoms with van der Waals surface area (Å²) in [6, 6.07) is 0. The van der Waals surface area contributed by atoms with E-state index in [1.807, 2.05) is 13.8 Å². The second-order valence-corrected chi connectivity index (χ2v) is 2.27. The Morgan fingerprint density at radius 2 is 1.85 bits per heavy atom. The van der Waals surface area contributed by atoms with Crippen LogP contribution < -0.4 is 0 Å². The molecule has 0 saturated heterocycles. The molecular formula is C10H16O3. The lowest BCUT2D eigenvalue weighted by Gasteiger charge is -2.13. The first-order valence-electron chi connectivity index (χ1n) is 4.47. The molecule has 0 rings (SSSR count). The van der Waals surface area contributed by atoms with E-state index >= 15 is 0 Å². The molecule has 0 fully saturated rings. The minimum atomic E-state index is -0.255. The van der Waals surface area contributed by atoms with Crippen molar-refractivity contribution in [3.8, 4) is 11.8 Å². The van der Waals surface area contributed by atoms with Gasteiger partial charge in [0, 0.05) is 13.2 Å². The fourth-order valence-corrected chi connectivity index (χ4v) is 0.807. The highest BCUT2D eigenvalue weighted by Crippen LogP contribution is 1.99. The lowest BCUT2D eigenvalue weighted by molar-refractivity contribution is -0.131. The zero-order valence-corrected chi connectivity index (χ0v) is 8.21. The molecule has 0 aliphatic heterocycles. The summed E-state index contributed by atoms with van der Waals surface area (Å²) in [6.45, 7) is 5.04. The van der Waals surface area contributed by atoms with Crippen LogP contribution in [0.2, 0.25) is 0 Å². The van der Waals surface area contributed by atoms with Crippen molar-refractivity contribution in [2.45, 2.75) is 33.0 Å². The van der Waals surface area contributed by atoms with Gasteiger partial charge in [0.1, 0.15) is 6.29 Å². The third-order valence-corrected chi connectivity index (χ3v) is 1.28. The smallest absolute Gasteiger partial charge is 0.168 e. The molecule has 0 spiro atoms. The van der Waals surface area contributed by atoms with Gasteiger partial charge in [-0.1, -0.05) is 11.8 Å². The predicted molar refractivity (Wildman–Crippen MR) is 50.1 cm³/mol. The van der Waals surface area contributed by atoms with Gasteiger partial charge in [0.2, 0.25) is 0 Å². The first-order chi connectivity index (χ1) is 6.35. The second-order valence-electron chi connectivity index (χ2n) is 2.27. The Morgan fingerprint density at radius 1 is 1.23 bits per heavy atom. The Hall–Kier alpha value is -0.850. The SMILES string of the molecule is CCOC(CC#CCC=O)OCC. The highest BCUT2D eigenvalue weighted by atomic mass is 16.7. The number of carbonyl (C=O) groups excluding carboxylic acids is 1. The van der Waals surface area contributed by atoms with Gasteiger partial charge in [-0.05, 0) is 13.8 Å². The number of ether oxygens (including phenoxy) is 2. The quantitative estimate of drug-likeness (QED) is 0.355. The average molecular weight is 184 g/mol. The van der Waals surface area contributed by atoms with Crippen LogP contribution in [-0.2, 0) is 14.3 Å². The van der Waals surface area contributed by atoms with Gasteiger partial charge in [-0.15, -0.1) is 0 Å².